The van der Waals surface area contributed by atoms with Crippen molar-refractivity contribution in [1.29, 1.82) is 0 Å². The average molecular weight is 622 g/mol. The van der Waals surface area contributed by atoms with Crippen LogP contribution in [0.2, 0.25) is 10.0 Å². The Bertz CT molecular complexity index is 1190. The van der Waals surface area contributed by atoms with Gasteiger partial charge in [-0.15, -0.1) is 0 Å². The van der Waals surface area contributed by atoms with Gasteiger partial charge in [0, 0.05) is 20.9 Å². The summed E-state index contributed by atoms with van der Waals surface area (Å²) < 4.78 is 12.3. The minimum Gasteiger partial charge on any atom is -0.489 e. The fraction of sp³-hybridized carbons (Fsp3) is 0.500. The van der Waals surface area contributed by atoms with Gasteiger partial charge in [-0.2, -0.15) is 0 Å². The van der Waals surface area contributed by atoms with Crippen molar-refractivity contribution in [2.75, 3.05) is 0 Å². The molecular formula is C32H38Cl2O4S2. The highest BCUT2D eigenvalue weighted by atomic mass is 35.5. The van der Waals surface area contributed by atoms with E-state index in [1.165, 1.54) is 62.0 Å². The number of rotatable bonds is 14. The Labute approximate surface area is 256 Å². The number of allylic oxidation sites excluding steroid dienone is 2. The Morgan fingerprint density at radius 1 is 0.650 bits per heavy atom. The van der Waals surface area contributed by atoms with Gasteiger partial charge in [0.2, 0.25) is 11.6 Å². The Morgan fingerprint density at radius 3 is 1.43 bits per heavy atom. The lowest BCUT2D eigenvalue weighted by atomic mass is 10.1. The minimum atomic E-state index is -0.187. The zero-order valence-electron chi connectivity index (χ0n) is 23.7. The summed E-state index contributed by atoms with van der Waals surface area (Å²) in [5.41, 5.74) is 1.01. The monoisotopic (exact) mass is 620 g/mol. The average Bonchev–Trinajstić information content (AvgIpc) is 3.40. The van der Waals surface area contributed by atoms with Gasteiger partial charge in [-0.3, -0.25) is 9.59 Å². The van der Waals surface area contributed by atoms with Gasteiger partial charge in [0.05, 0.1) is 32.1 Å². The maximum absolute atomic E-state index is 13.4. The van der Waals surface area contributed by atoms with Crippen LogP contribution >= 0.6 is 46.7 Å². The first-order valence-corrected chi connectivity index (χ1v) is 16.8. The predicted molar refractivity (Wildman–Crippen MR) is 168 cm³/mol. The van der Waals surface area contributed by atoms with Gasteiger partial charge < -0.3 is 9.47 Å². The molecule has 40 heavy (non-hydrogen) atoms. The van der Waals surface area contributed by atoms with E-state index in [1.807, 2.05) is 26.0 Å². The molecule has 0 fully saturated rings. The fourth-order valence-corrected chi connectivity index (χ4v) is 7.64. The van der Waals surface area contributed by atoms with Crippen molar-refractivity contribution in [2.24, 2.45) is 0 Å². The zero-order chi connectivity index (χ0) is 28.8. The number of ketones is 2. The second-order valence-corrected chi connectivity index (χ2v) is 13.6. The molecule has 0 radical (unpaired) electrons. The highest BCUT2D eigenvalue weighted by Crippen LogP contribution is 2.52. The number of benzene rings is 2. The Hall–Kier alpha value is -1.60. The summed E-state index contributed by atoms with van der Waals surface area (Å²) in [7, 11) is 0. The van der Waals surface area contributed by atoms with E-state index >= 15 is 0 Å². The lowest BCUT2D eigenvalue weighted by molar-refractivity contribution is 0.101. The molecule has 4 rings (SSSR count). The second-order valence-electron chi connectivity index (χ2n) is 10.6. The molecule has 2 atom stereocenters. The molecular weight excluding hydrogens is 583 g/mol. The summed E-state index contributed by atoms with van der Waals surface area (Å²) in [6.45, 7) is 8.48. The molecule has 0 saturated carbocycles. The molecule has 0 N–H and O–H groups in total. The van der Waals surface area contributed by atoms with Crippen LogP contribution in [0.5, 0.6) is 11.5 Å². The number of ether oxygens (including phenoxy) is 2. The first kappa shape index (κ1) is 31.3. The summed E-state index contributed by atoms with van der Waals surface area (Å²) in [5, 5.41) is 0.816. The number of fused-ring (bicyclic) bond motifs is 2. The third kappa shape index (κ3) is 7.42. The third-order valence-corrected chi connectivity index (χ3v) is 10.2. The van der Waals surface area contributed by atoms with Crippen LogP contribution in [0.4, 0.5) is 0 Å². The van der Waals surface area contributed by atoms with Crippen molar-refractivity contribution in [3.05, 3.63) is 55.2 Å². The normalized spacial score (nSPS) is 17.6. The molecule has 0 unspecified atom stereocenters. The molecule has 216 valence electrons. The van der Waals surface area contributed by atoms with E-state index in [4.69, 9.17) is 32.7 Å². The molecule has 2 heterocycles. The largest absolute Gasteiger partial charge is 0.489 e. The van der Waals surface area contributed by atoms with E-state index < -0.39 is 0 Å². The molecule has 0 aromatic heterocycles. The molecule has 2 aromatic rings. The summed E-state index contributed by atoms with van der Waals surface area (Å²) in [4.78, 5) is 29.2. The number of unbranched alkanes of at least 4 members (excludes halogenated alkanes) is 6. The standard InChI is InChI=1S/C32H38Cl2O4S2/c1-5-7-9-11-13-19(3)37-25-17-27-21(15-23(25)33)29(35)31(39-27)32-30(36)22-16-24(34)26(18-28(22)40-32)38-20(4)14-12-10-8-6-2/h15-20H,5-14H2,1-4H3/b32-31-/t19-,20-/m1/s1. The Kier molecular flexibility index (Phi) is 11.4. The smallest absolute Gasteiger partial charge is 0.202 e. The summed E-state index contributed by atoms with van der Waals surface area (Å²) >= 11 is 15.7. The van der Waals surface area contributed by atoms with Gasteiger partial charge in [-0.25, -0.2) is 0 Å². The van der Waals surface area contributed by atoms with Crippen molar-refractivity contribution >= 4 is 58.3 Å². The molecule has 0 amide bonds. The second kappa shape index (κ2) is 14.5. The van der Waals surface area contributed by atoms with Gasteiger partial charge in [-0.05, 0) is 63.8 Å². The Morgan fingerprint density at radius 2 is 1.05 bits per heavy atom. The molecule has 8 heteroatoms. The number of carbonyl (C=O) groups excluding carboxylic acids is 2. The topological polar surface area (TPSA) is 52.6 Å². The van der Waals surface area contributed by atoms with Gasteiger partial charge in [0.15, 0.2) is 0 Å². The van der Waals surface area contributed by atoms with E-state index in [9.17, 15) is 9.59 Å². The van der Waals surface area contributed by atoms with Crippen LogP contribution in [-0.4, -0.2) is 23.8 Å². The van der Waals surface area contributed by atoms with Gasteiger partial charge in [0.25, 0.3) is 0 Å². The van der Waals surface area contributed by atoms with Gasteiger partial charge >= 0.3 is 0 Å². The van der Waals surface area contributed by atoms with E-state index in [0.29, 0.717) is 42.5 Å². The lowest BCUT2D eigenvalue weighted by Crippen LogP contribution is -2.12. The number of hydrogen-bond donors (Lipinski definition) is 0. The van der Waals surface area contributed by atoms with Crippen molar-refractivity contribution in [3.8, 4) is 11.5 Å². The SMILES string of the molecule is CCCCCC[C@@H](C)Oc1cc2c(cc1Cl)C(=O)/C(=C1/Sc3cc(O[C@H](C)CCCCCC)c(Cl)cc3C1=O)S2. The molecule has 0 aliphatic carbocycles. The van der Waals surface area contributed by atoms with Crippen LogP contribution in [0, 0.1) is 0 Å². The fourth-order valence-electron chi connectivity index (χ4n) is 4.90. The molecule has 0 saturated heterocycles. The first-order chi connectivity index (χ1) is 19.2. The summed E-state index contributed by atoms with van der Waals surface area (Å²) in [6.07, 6.45) is 11.4. The molecule has 4 nitrogen and oxygen atoms in total. The van der Waals surface area contributed by atoms with Crippen molar-refractivity contribution in [2.45, 2.75) is 114 Å². The van der Waals surface area contributed by atoms with E-state index in [0.717, 1.165) is 35.5 Å². The van der Waals surface area contributed by atoms with Crippen molar-refractivity contribution in [3.63, 3.8) is 0 Å². The van der Waals surface area contributed by atoms with Crippen LogP contribution in [0.25, 0.3) is 0 Å². The van der Waals surface area contributed by atoms with Crippen molar-refractivity contribution in [1.82, 2.24) is 0 Å². The van der Waals surface area contributed by atoms with Crippen molar-refractivity contribution < 1.29 is 19.1 Å². The van der Waals surface area contributed by atoms with Gasteiger partial charge in [0.1, 0.15) is 11.5 Å². The lowest BCUT2D eigenvalue weighted by Gasteiger charge is -2.16. The van der Waals surface area contributed by atoms with Crippen LogP contribution in [0.15, 0.2) is 43.9 Å². The number of Topliss-reactive ketones (excluding diaryl/α,β-unsaturated/α-hetero) is 2. The van der Waals surface area contributed by atoms with Gasteiger partial charge in [-0.1, -0.05) is 99.1 Å². The first-order valence-electron chi connectivity index (χ1n) is 14.4. The summed E-state index contributed by atoms with van der Waals surface area (Å²) in [5.74, 6) is 0.767. The molecule has 2 aliphatic heterocycles. The summed E-state index contributed by atoms with van der Waals surface area (Å²) in [6, 6.07) is 7.00. The number of thioether (sulfide) groups is 2. The maximum Gasteiger partial charge on any atom is 0.202 e. The maximum atomic E-state index is 13.4. The molecule has 0 bridgehead atoms. The van der Waals surface area contributed by atoms with Crippen LogP contribution in [0.3, 0.4) is 0 Å². The molecule has 2 aromatic carbocycles. The quantitative estimate of drug-likeness (QED) is 0.155. The Balaban J connectivity index is 1.48. The minimum absolute atomic E-state index is 0.0222. The van der Waals surface area contributed by atoms with Crippen LogP contribution < -0.4 is 9.47 Å². The highest BCUT2D eigenvalue weighted by Gasteiger charge is 2.37. The third-order valence-electron chi connectivity index (χ3n) is 7.18. The van der Waals surface area contributed by atoms with E-state index in [1.54, 1.807) is 12.1 Å². The molecule has 0 spiro atoms. The van der Waals surface area contributed by atoms with E-state index in [-0.39, 0.29) is 23.8 Å². The number of hydrogen-bond acceptors (Lipinski definition) is 6. The predicted octanol–water partition coefficient (Wildman–Crippen LogP) is 11.0. The van der Waals surface area contributed by atoms with E-state index in [2.05, 4.69) is 13.8 Å². The number of halogens is 2. The van der Waals surface area contributed by atoms with Crippen LogP contribution in [0.1, 0.15) is 113 Å². The molecule has 2 aliphatic rings. The highest BCUT2D eigenvalue weighted by molar-refractivity contribution is 8.08. The number of carbonyl (C=O) groups is 2. The zero-order valence-corrected chi connectivity index (χ0v) is 26.9. The van der Waals surface area contributed by atoms with Crippen LogP contribution in [-0.2, 0) is 0 Å².